The highest BCUT2D eigenvalue weighted by Gasteiger charge is 2.26. The van der Waals surface area contributed by atoms with Gasteiger partial charge in [0, 0.05) is 42.6 Å². The van der Waals surface area contributed by atoms with Gasteiger partial charge in [-0.25, -0.2) is 14.4 Å². The van der Waals surface area contributed by atoms with E-state index in [-0.39, 0.29) is 19.2 Å². The van der Waals surface area contributed by atoms with Crippen LogP contribution in [0.4, 0.5) is 16.2 Å². The van der Waals surface area contributed by atoms with Gasteiger partial charge in [-0.2, -0.15) is 4.98 Å². The second-order valence-corrected chi connectivity index (χ2v) is 6.99. The minimum Gasteiger partial charge on any atom is -0.478 e. The smallest absolute Gasteiger partial charge is 0.224 e. The predicted molar refractivity (Wildman–Crippen MR) is 107 cm³/mol. The largest absolute Gasteiger partial charge is 0.478 e. The van der Waals surface area contributed by atoms with Crippen molar-refractivity contribution < 1.29 is 14.2 Å². The minimum atomic E-state index is -0.490. The fraction of sp³-hybridized carbons (Fsp3) is 0.550. The molecule has 7 nitrogen and oxygen atoms in total. The monoisotopic (exact) mass is 389 g/mol. The summed E-state index contributed by atoms with van der Waals surface area (Å²) in [7, 11) is 0. The van der Waals surface area contributed by atoms with Crippen LogP contribution < -0.4 is 15.4 Å². The Morgan fingerprint density at radius 2 is 2.14 bits per heavy atom. The Balaban J connectivity index is 1.92. The maximum absolute atomic E-state index is 12.6. The van der Waals surface area contributed by atoms with Crippen LogP contribution in [0.3, 0.4) is 0 Å². The molecule has 0 aliphatic heterocycles. The summed E-state index contributed by atoms with van der Waals surface area (Å²) in [4.78, 5) is 13.4. The van der Waals surface area contributed by atoms with Crippen molar-refractivity contribution in [3.05, 3.63) is 24.0 Å². The van der Waals surface area contributed by atoms with Gasteiger partial charge in [0.2, 0.25) is 11.8 Å². The minimum absolute atomic E-state index is 0.166. The molecule has 1 aliphatic carbocycles. The number of ether oxygens (including phenoxy) is 1. The van der Waals surface area contributed by atoms with E-state index in [0.29, 0.717) is 30.2 Å². The van der Waals surface area contributed by atoms with Gasteiger partial charge in [-0.05, 0) is 45.1 Å². The highest BCUT2D eigenvalue weighted by molar-refractivity contribution is 5.78. The van der Waals surface area contributed by atoms with Crippen LogP contribution in [-0.2, 0) is 0 Å². The number of hydrogen-bond donors (Lipinski definition) is 3. The van der Waals surface area contributed by atoms with Crippen molar-refractivity contribution in [2.45, 2.75) is 39.2 Å². The number of aliphatic hydroxyl groups is 1. The fourth-order valence-corrected chi connectivity index (χ4v) is 3.59. The molecule has 1 fully saturated rings. The molecule has 0 bridgehead atoms. The van der Waals surface area contributed by atoms with Gasteiger partial charge in [0.25, 0.3) is 0 Å². The number of rotatable bonds is 9. The standard InChI is InChI=1S/C20H28FN5O2/c1-3-28-17-7-5-15(11-23-17)18-13(2)24-20(22-9-8-21)26-19(18)25-16-6-4-14(10-16)12-27/h5,7,11,14,16,27H,3-4,6,8-10,12H2,1-2H3,(H2,22,24,25,26)/t14-,16+/m1/s1. The summed E-state index contributed by atoms with van der Waals surface area (Å²) in [6, 6.07) is 4.00. The molecule has 1 aliphatic rings. The van der Waals surface area contributed by atoms with Gasteiger partial charge >= 0.3 is 0 Å². The fourth-order valence-electron chi connectivity index (χ4n) is 3.59. The van der Waals surface area contributed by atoms with Gasteiger partial charge in [0.15, 0.2) is 0 Å². The van der Waals surface area contributed by atoms with Crippen LogP contribution in [0.2, 0.25) is 0 Å². The Bertz CT molecular complexity index is 772. The maximum Gasteiger partial charge on any atom is 0.224 e. The number of nitrogens with zero attached hydrogens (tertiary/aromatic N) is 3. The van der Waals surface area contributed by atoms with Crippen LogP contribution in [0.25, 0.3) is 11.1 Å². The van der Waals surface area contributed by atoms with E-state index in [1.54, 1.807) is 6.20 Å². The molecule has 0 radical (unpaired) electrons. The zero-order valence-electron chi connectivity index (χ0n) is 16.4. The summed E-state index contributed by atoms with van der Waals surface area (Å²) in [5.41, 5.74) is 2.53. The third kappa shape index (κ3) is 4.86. The second-order valence-electron chi connectivity index (χ2n) is 6.99. The number of alkyl halides is 1. The van der Waals surface area contributed by atoms with E-state index in [2.05, 4.69) is 25.6 Å². The Labute approximate surface area is 164 Å². The lowest BCUT2D eigenvalue weighted by molar-refractivity contribution is 0.229. The average Bonchev–Trinajstić information content (AvgIpc) is 3.15. The lowest BCUT2D eigenvalue weighted by Crippen LogP contribution is -2.19. The third-order valence-electron chi connectivity index (χ3n) is 4.93. The molecule has 152 valence electrons. The number of nitrogens with one attached hydrogen (secondary N) is 2. The van der Waals surface area contributed by atoms with Crippen LogP contribution in [-0.4, -0.2) is 52.5 Å². The molecule has 0 aromatic carbocycles. The van der Waals surface area contributed by atoms with Gasteiger partial charge in [-0.3, -0.25) is 0 Å². The summed E-state index contributed by atoms with van der Waals surface area (Å²) >= 11 is 0. The molecule has 2 heterocycles. The van der Waals surface area contributed by atoms with E-state index in [1.807, 2.05) is 26.0 Å². The number of anilines is 2. The van der Waals surface area contributed by atoms with E-state index in [4.69, 9.17) is 4.74 Å². The number of hydrogen-bond acceptors (Lipinski definition) is 7. The van der Waals surface area contributed by atoms with Crippen LogP contribution in [0.5, 0.6) is 5.88 Å². The average molecular weight is 389 g/mol. The molecule has 1 saturated carbocycles. The number of aryl methyl sites for hydroxylation is 1. The summed E-state index contributed by atoms with van der Waals surface area (Å²) in [6.07, 6.45) is 4.61. The third-order valence-corrected chi connectivity index (χ3v) is 4.93. The zero-order valence-corrected chi connectivity index (χ0v) is 16.4. The number of halogens is 1. The van der Waals surface area contributed by atoms with Crippen LogP contribution in [0.15, 0.2) is 18.3 Å². The van der Waals surface area contributed by atoms with E-state index in [0.717, 1.165) is 36.1 Å². The Morgan fingerprint density at radius 3 is 2.79 bits per heavy atom. The van der Waals surface area contributed by atoms with E-state index >= 15 is 0 Å². The Kier molecular flexibility index (Phi) is 6.97. The second kappa shape index (κ2) is 9.64. The van der Waals surface area contributed by atoms with Gasteiger partial charge in [0.1, 0.15) is 12.5 Å². The molecule has 0 spiro atoms. The van der Waals surface area contributed by atoms with Crippen molar-refractivity contribution in [3.8, 4) is 17.0 Å². The van der Waals surface area contributed by atoms with Crippen molar-refractivity contribution in [1.82, 2.24) is 15.0 Å². The molecule has 0 saturated heterocycles. The van der Waals surface area contributed by atoms with Crippen LogP contribution in [0.1, 0.15) is 31.9 Å². The first-order valence-electron chi connectivity index (χ1n) is 9.79. The SMILES string of the molecule is CCOc1ccc(-c2c(C)nc(NCCF)nc2N[C@H]2CC[C@@H](CO)C2)cn1. The molecule has 0 unspecified atom stereocenters. The van der Waals surface area contributed by atoms with Crippen molar-refractivity contribution in [3.63, 3.8) is 0 Å². The maximum atomic E-state index is 12.6. The number of pyridine rings is 1. The quantitative estimate of drug-likeness (QED) is 0.606. The highest BCUT2D eigenvalue weighted by atomic mass is 19.1. The Morgan fingerprint density at radius 1 is 1.29 bits per heavy atom. The lowest BCUT2D eigenvalue weighted by Gasteiger charge is -2.19. The number of aromatic nitrogens is 3. The van der Waals surface area contributed by atoms with E-state index in [1.165, 1.54) is 0 Å². The van der Waals surface area contributed by atoms with Crippen molar-refractivity contribution in [2.75, 3.05) is 37.1 Å². The van der Waals surface area contributed by atoms with Crippen molar-refractivity contribution >= 4 is 11.8 Å². The summed E-state index contributed by atoms with van der Waals surface area (Å²) < 4.78 is 18.0. The molecule has 2 aromatic rings. The molecular formula is C20H28FN5O2. The van der Waals surface area contributed by atoms with Gasteiger partial charge in [0.05, 0.1) is 12.3 Å². The van der Waals surface area contributed by atoms with Gasteiger partial charge < -0.3 is 20.5 Å². The molecule has 2 atom stereocenters. The van der Waals surface area contributed by atoms with Crippen LogP contribution in [0, 0.1) is 12.8 Å². The molecule has 28 heavy (non-hydrogen) atoms. The summed E-state index contributed by atoms with van der Waals surface area (Å²) in [6.45, 7) is 4.27. The highest BCUT2D eigenvalue weighted by Crippen LogP contribution is 2.34. The summed E-state index contributed by atoms with van der Waals surface area (Å²) in [5.74, 6) is 1.99. The van der Waals surface area contributed by atoms with Crippen molar-refractivity contribution in [1.29, 1.82) is 0 Å². The van der Waals surface area contributed by atoms with E-state index in [9.17, 15) is 9.50 Å². The molecule has 3 rings (SSSR count). The predicted octanol–water partition coefficient (Wildman–Crippen LogP) is 3.20. The zero-order chi connectivity index (χ0) is 19.9. The van der Waals surface area contributed by atoms with Gasteiger partial charge in [-0.15, -0.1) is 0 Å². The molecule has 2 aromatic heterocycles. The molecule has 3 N–H and O–H groups in total. The van der Waals surface area contributed by atoms with Crippen LogP contribution >= 0.6 is 0 Å². The normalized spacial score (nSPS) is 18.9. The summed E-state index contributed by atoms with van der Waals surface area (Å²) in [5, 5.41) is 15.8. The van der Waals surface area contributed by atoms with Crippen molar-refractivity contribution in [2.24, 2.45) is 5.92 Å². The molecular weight excluding hydrogens is 361 g/mol. The lowest BCUT2D eigenvalue weighted by atomic mass is 10.1. The van der Waals surface area contributed by atoms with Gasteiger partial charge in [-0.1, -0.05) is 0 Å². The topological polar surface area (TPSA) is 92.2 Å². The van der Waals surface area contributed by atoms with E-state index < -0.39 is 6.67 Å². The first-order valence-corrected chi connectivity index (χ1v) is 9.79. The Hall–Kier alpha value is -2.48. The first-order chi connectivity index (χ1) is 13.6. The first kappa shape index (κ1) is 20.3. The number of aliphatic hydroxyl groups excluding tert-OH is 1. The molecule has 8 heteroatoms. The molecule has 0 amide bonds.